The van der Waals surface area contributed by atoms with Gasteiger partial charge in [0, 0.05) is 5.56 Å². The average Bonchev–Trinajstić information content (AvgIpc) is 3.15. The smallest absolute Gasteiger partial charge is 0.257 e. The first-order valence-corrected chi connectivity index (χ1v) is 9.81. The molecule has 0 aliphatic carbocycles. The fraction of sp³-hybridized carbons (Fsp3) is 0.111. The molecule has 144 valence electrons. The number of para-hydroxylation sites is 1. The molecule has 0 bridgehead atoms. The highest BCUT2D eigenvalue weighted by Crippen LogP contribution is 2.26. The lowest BCUT2D eigenvalue weighted by molar-refractivity contribution is -0.113. The molecule has 1 heterocycles. The number of halogens is 1. The van der Waals surface area contributed by atoms with Gasteiger partial charge in [-0.15, -0.1) is 10.2 Å². The van der Waals surface area contributed by atoms with Crippen molar-refractivity contribution in [3.05, 3.63) is 59.9 Å². The number of aromatic nitrogens is 2. The number of ether oxygens (including phenoxy) is 1. The van der Waals surface area contributed by atoms with E-state index in [0.717, 1.165) is 23.1 Å². The van der Waals surface area contributed by atoms with Gasteiger partial charge in [-0.2, -0.15) is 0 Å². The Morgan fingerprint density at radius 2 is 1.86 bits per heavy atom. The summed E-state index contributed by atoms with van der Waals surface area (Å²) < 4.78 is 19.1. The lowest BCUT2D eigenvalue weighted by Gasteiger charge is -2.04. The highest BCUT2D eigenvalue weighted by molar-refractivity contribution is 8.01. The van der Waals surface area contributed by atoms with E-state index in [1.54, 1.807) is 43.5 Å². The summed E-state index contributed by atoms with van der Waals surface area (Å²) in [6.07, 6.45) is 0. The molecule has 0 spiro atoms. The van der Waals surface area contributed by atoms with E-state index in [1.165, 1.54) is 12.1 Å². The second-order valence-corrected chi connectivity index (χ2v) is 7.57. The first-order valence-electron chi connectivity index (χ1n) is 8.01. The highest BCUT2D eigenvalue weighted by Gasteiger charge is 2.13. The van der Waals surface area contributed by atoms with Gasteiger partial charge in [-0.3, -0.25) is 14.9 Å². The number of methoxy groups -OCH3 is 1. The minimum Gasteiger partial charge on any atom is -0.497 e. The predicted molar refractivity (Wildman–Crippen MR) is 107 cm³/mol. The lowest BCUT2D eigenvalue weighted by Crippen LogP contribution is -2.14. The van der Waals surface area contributed by atoms with Gasteiger partial charge in [0.05, 0.1) is 18.6 Å². The van der Waals surface area contributed by atoms with Crippen molar-refractivity contribution in [2.75, 3.05) is 23.5 Å². The van der Waals surface area contributed by atoms with E-state index < -0.39 is 5.82 Å². The third-order valence-electron chi connectivity index (χ3n) is 3.45. The van der Waals surface area contributed by atoms with Gasteiger partial charge >= 0.3 is 0 Å². The second-order valence-electron chi connectivity index (χ2n) is 5.37. The number of hydrogen-bond acceptors (Lipinski definition) is 7. The van der Waals surface area contributed by atoms with E-state index in [2.05, 4.69) is 20.8 Å². The number of rotatable bonds is 7. The fourth-order valence-corrected chi connectivity index (χ4v) is 3.65. The summed E-state index contributed by atoms with van der Waals surface area (Å²) in [5.41, 5.74) is 0.576. The molecule has 0 atom stereocenters. The maximum atomic E-state index is 13.5. The molecule has 2 N–H and O–H groups in total. The largest absolute Gasteiger partial charge is 0.497 e. The Morgan fingerprint density at radius 3 is 2.57 bits per heavy atom. The Bertz CT molecular complexity index is 979. The predicted octanol–water partition coefficient (Wildman–Crippen LogP) is 3.67. The van der Waals surface area contributed by atoms with E-state index in [9.17, 15) is 14.0 Å². The van der Waals surface area contributed by atoms with E-state index >= 15 is 0 Å². The van der Waals surface area contributed by atoms with Gasteiger partial charge in [-0.25, -0.2) is 4.39 Å². The van der Waals surface area contributed by atoms with E-state index in [4.69, 9.17) is 4.74 Å². The molecular weight excluding hydrogens is 403 g/mol. The van der Waals surface area contributed by atoms with Crippen LogP contribution < -0.4 is 15.4 Å². The first-order chi connectivity index (χ1) is 13.5. The highest BCUT2D eigenvalue weighted by atomic mass is 32.2. The van der Waals surface area contributed by atoms with Gasteiger partial charge in [0.1, 0.15) is 11.6 Å². The summed E-state index contributed by atoms with van der Waals surface area (Å²) in [4.78, 5) is 24.1. The normalized spacial score (nSPS) is 10.4. The number of anilines is 2. The molecule has 0 unspecified atom stereocenters. The number of amides is 2. The molecule has 0 saturated heterocycles. The number of thioether (sulfide) groups is 1. The quantitative estimate of drug-likeness (QED) is 0.449. The van der Waals surface area contributed by atoms with Crippen LogP contribution in [0.2, 0.25) is 0 Å². The van der Waals surface area contributed by atoms with Crippen LogP contribution >= 0.6 is 23.1 Å². The van der Waals surface area contributed by atoms with Gasteiger partial charge < -0.3 is 10.1 Å². The zero-order valence-corrected chi connectivity index (χ0v) is 16.3. The number of carbonyl (C=O) groups excluding carboxylic acids is 2. The zero-order chi connectivity index (χ0) is 19.9. The Morgan fingerprint density at radius 1 is 1.11 bits per heavy atom. The van der Waals surface area contributed by atoms with Crippen molar-refractivity contribution in [3.63, 3.8) is 0 Å². The molecule has 0 saturated carbocycles. The molecular formula is C18H15FN4O3S2. The van der Waals surface area contributed by atoms with Crippen molar-refractivity contribution in [2.24, 2.45) is 0 Å². The minimum atomic E-state index is -0.500. The number of nitrogens with one attached hydrogen (secondary N) is 2. The SMILES string of the molecule is COc1ccc(C(=O)Nc2nnc(SCC(=O)Nc3ccccc3F)s2)cc1. The molecule has 2 aromatic carbocycles. The molecule has 3 aromatic rings. The summed E-state index contributed by atoms with van der Waals surface area (Å²) in [7, 11) is 1.55. The van der Waals surface area contributed by atoms with Crippen LogP contribution in [0.1, 0.15) is 10.4 Å². The summed E-state index contributed by atoms with van der Waals surface area (Å²) in [6.45, 7) is 0. The first kappa shape index (κ1) is 19.8. The van der Waals surface area contributed by atoms with Gasteiger partial charge in [0.15, 0.2) is 4.34 Å². The summed E-state index contributed by atoms with van der Waals surface area (Å²) in [5, 5.41) is 13.3. The Kier molecular flexibility index (Phi) is 6.56. The van der Waals surface area contributed by atoms with Crippen molar-refractivity contribution in [2.45, 2.75) is 4.34 Å². The number of benzene rings is 2. The fourth-order valence-electron chi connectivity index (χ4n) is 2.11. The average molecular weight is 418 g/mol. The third kappa shape index (κ3) is 5.27. The number of carbonyl (C=O) groups is 2. The Labute approximate surface area is 168 Å². The molecule has 7 nitrogen and oxygen atoms in total. The van der Waals surface area contributed by atoms with Crippen LogP contribution in [0, 0.1) is 5.82 Å². The Balaban J connectivity index is 1.51. The van der Waals surface area contributed by atoms with Crippen molar-refractivity contribution < 1.29 is 18.7 Å². The topological polar surface area (TPSA) is 93.2 Å². The van der Waals surface area contributed by atoms with E-state index in [-0.39, 0.29) is 23.3 Å². The van der Waals surface area contributed by atoms with Crippen LogP contribution in [0.15, 0.2) is 52.9 Å². The zero-order valence-electron chi connectivity index (χ0n) is 14.6. The molecule has 2 amide bonds. The molecule has 0 aliphatic heterocycles. The van der Waals surface area contributed by atoms with Gasteiger partial charge in [0.2, 0.25) is 11.0 Å². The standard InChI is InChI=1S/C18H15FN4O3S2/c1-26-12-8-6-11(7-9-12)16(25)21-17-22-23-18(28-17)27-10-15(24)20-14-5-3-2-4-13(14)19/h2-9H,10H2,1H3,(H,20,24)(H,21,22,25). The molecule has 1 aromatic heterocycles. The van der Waals surface area contributed by atoms with E-state index in [0.29, 0.717) is 20.8 Å². The molecule has 28 heavy (non-hydrogen) atoms. The third-order valence-corrected chi connectivity index (χ3v) is 5.43. The lowest BCUT2D eigenvalue weighted by atomic mass is 10.2. The van der Waals surface area contributed by atoms with Crippen LogP contribution in [-0.4, -0.2) is 34.9 Å². The van der Waals surface area contributed by atoms with Crippen LogP contribution in [0.25, 0.3) is 0 Å². The van der Waals surface area contributed by atoms with Crippen LogP contribution in [0.3, 0.4) is 0 Å². The molecule has 0 radical (unpaired) electrons. The van der Waals surface area contributed by atoms with Crippen molar-refractivity contribution in [1.29, 1.82) is 0 Å². The number of nitrogens with zero attached hydrogens (tertiary/aromatic N) is 2. The molecule has 0 aliphatic rings. The van der Waals surface area contributed by atoms with Crippen LogP contribution in [-0.2, 0) is 4.79 Å². The summed E-state index contributed by atoms with van der Waals surface area (Å²) in [6, 6.07) is 12.6. The summed E-state index contributed by atoms with van der Waals surface area (Å²) in [5.74, 6) is -0.503. The number of hydrogen-bond donors (Lipinski definition) is 2. The van der Waals surface area contributed by atoms with Gasteiger partial charge in [-0.1, -0.05) is 35.2 Å². The van der Waals surface area contributed by atoms with E-state index in [1.807, 2.05) is 0 Å². The van der Waals surface area contributed by atoms with Crippen molar-refractivity contribution in [3.8, 4) is 5.75 Å². The molecule has 10 heteroatoms. The van der Waals surface area contributed by atoms with Crippen LogP contribution in [0.5, 0.6) is 5.75 Å². The Hall–Kier alpha value is -2.98. The minimum absolute atomic E-state index is 0.0371. The summed E-state index contributed by atoms with van der Waals surface area (Å²) >= 11 is 2.29. The van der Waals surface area contributed by atoms with Crippen molar-refractivity contribution in [1.82, 2.24) is 10.2 Å². The maximum Gasteiger partial charge on any atom is 0.257 e. The van der Waals surface area contributed by atoms with Crippen LogP contribution in [0.4, 0.5) is 15.2 Å². The monoisotopic (exact) mass is 418 g/mol. The molecule has 3 rings (SSSR count). The maximum absolute atomic E-state index is 13.5. The molecule has 0 fully saturated rings. The van der Waals surface area contributed by atoms with Crippen molar-refractivity contribution >= 4 is 45.7 Å². The second kappa shape index (κ2) is 9.29. The van der Waals surface area contributed by atoms with Gasteiger partial charge in [-0.05, 0) is 36.4 Å². The van der Waals surface area contributed by atoms with Gasteiger partial charge in [0.25, 0.3) is 5.91 Å².